The van der Waals surface area contributed by atoms with Gasteiger partial charge in [-0.05, 0) is 34.5 Å². The Hall–Kier alpha value is -2.68. The van der Waals surface area contributed by atoms with Crippen molar-refractivity contribution in [3.63, 3.8) is 0 Å². The topological polar surface area (TPSA) is 38.7 Å². The fourth-order valence-corrected chi connectivity index (χ4v) is 2.58. The van der Waals surface area contributed by atoms with Gasteiger partial charge in [0.1, 0.15) is 0 Å². The van der Waals surface area contributed by atoms with Gasteiger partial charge in [-0.15, -0.1) is 0 Å². The monoisotopic (exact) mass is 277 g/mol. The largest absolute Gasteiger partial charge is 0.331 e. The van der Waals surface area contributed by atoms with E-state index in [1.54, 1.807) is 0 Å². The van der Waals surface area contributed by atoms with Crippen LogP contribution in [0.1, 0.15) is 19.4 Å². The normalized spacial score (nSPS) is 11.8. The smallest absolute Gasteiger partial charge is 0.318 e. The third-order valence-corrected chi connectivity index (χ3v) is 3.44. The summed E-state index contributed by atoms with van der Waals surface area (Å²) in [6.45, 7) is 3.20. The van der Waals surface area contributed by atoms with Crippen molar-refractivity contribution in [2.45, 2.75) is 13.8 Å². The molecule has 0 spiro atoms. The summed E-state index contributed by atoms with van der Waals surface area (Å²) in [6.07, 6.45) is 0. The minimum Gasteiger partial charge on any atom is -0.318 e. The van der Waals surface area contributed by atoms with Gasteiger partial charge >= 0.3 is 5.97 Å². The van der Waals surface area contributed by atoms with Crippen LogP contribution < -0.4 is 0 Å². The van der Waals surface area contributed by atoms with Crippen molar-refractivity contribution in [2.75, 3.05) is 0 Å². The second-order valence-corrected chi connectivity index (χ2v) is 4.95. The van der Waals surface area contributed by atoms with Crippen molar-refractivity contribution in [3.8, 4) is 0 Å². The Morgan fingerprint density at radius 1 is 0.905 bits per heavy atom. The summed E-state index contributed by atoms with van der Waals surface area (Å²) in [4.78, 5) is 15.8. The zero-order valence-corrected chi connectivity index (χ0v) is 12.0. The van der Waals surface area contributed by atoms with Crippen LogP contribution in [0.4, 0.5) is 0 Å². The summed E-state index contributed by atoms with van der Waals surface area (Å²) >= 11 is 0. The van der Waals surface area contributed by atoms with Crippen LogP contribution >= 0.6 is 0 Å². The van der Waals surface area contributed by atoms with Crippen LogP contribution in [0.3, 0.4) is 0 Å². The predicted molar refractivity (Wildman–Crippen MR) is 85.4 cm³/mol. The van der Waals surface area contributed by atoms with Crippen molar-refractivity contribution in [3.05, 3.63) is 60.2 Å². The van der Waals surface area contributed by atoms with Crippen molar-refractivity contribution < 1.29 is 9.63 Å². The molecule has 104 valence electrons. The molecule has 21 heavy (non-hydrogen) atoms. The molecule has 0 aliphatic rings. The van der Waals surface area contributed by atoms with Crippen LogP contribution in [0, 0.1) is 0 Å². The van der Waals surface area contributed by atoms with E-state index >= 15 is 0 Å². The second-order valence-electron chi connectivity index (χ2n) is 4.95. The molecule has 0 N–H and O–H groups in total. The summed E-state index contributed by atoms with van der Waals surface area (Å²) < 4.78 is 0. The standard InChI is InChI=1S/C18H15NO2/c1-12(19-21-13(2)20)18-16-9-5-3-7-14(16)11-15-8-4-6-10-17(15)18/h3-11H,1-2H3. The molecule has 3 nitrogen and oxygen atoms in total. The molecule has 0 heterocycles. The molecule has 3 rings (SSSR count). The molecule has 0 radical (unpaired) electrons. The van der Waals surface area contributed by atoms with Crippen molar-refractivity contribution in [2.24, 2.45) is 5.16 Å². The number of carbonyl (C=O) groups is 1. The molecule has 0 atom stereocenters. The average molecular weight is 277 g/mol. The highest BCUT2D eigenvalue weighted by Crippen LogP contribution is 2.29. The lowest BCUT2D eigenvalue weighted by atomic mass is 9.94. The Balaban J connectivity index is 2.35. The van der Waals surface area contributed by atoms with Gasteiger partial charge in [0, 0.05) is 12.5 Å². The molecule has 0 amide bonds. The van der Waals surface area contributed by atoms with Crippen LogP contribution in [-0.2, 0) is 9.63 Å². The third-order valence-electron chi connectivity index (χ3n) is 3.44. The molecule has 3 aromatic rings. The summed E-state index contributed by atoms with van der Waals surface area (Å²) in [7, 11) is 0. The predicted octanol–water partition coefficient (Wildman–Crippen LogP) is 4.28. The molecular weight excluding hydrogens is 262 g/mol. The first-order valence-corrected chi connectivity index (χ1v) is 6.80. The average Bonchev–Trinajstić information content (AvgIpc) is 2.50. The van der Waals surface area contributed by atoms with Crippen LogP contribution in [-0.4, -0.2) is 11.7 Å². The number of benzene rings is 3. The van der Waals surface area contributed by atoms with E-state index in [1.807, 2.05) is 31.2 Å². The molecule has 0 aromatic heterocycles. The van der Waals surface area contributed by atoms with Crippen molar-refractivity contribution >= 4 is 33.2 Å². The van der Waals surface area contributed by atoms with Gasteiger partial charge in [-0.3, -0.25) is 0 Å². The molecule has 0 aliphatic carbocycles. The lowest BCUT2D eigenvalue weighted by Crippen LogP contribution is -2.01. The third kappa shape index (κ3) is 2.50. The first-order valence-electron chi connectivity index (χ1n) is 6.80. The first kappa shape index (κ1) is 13.3. The Morgan fingerprint density at radius 3 is 1.95 bits per heavy atom. The Bertz CT molecular complexity index is 811. The fraction of sp³-hybridized carbons (Fsp3) is 0.111. The Kier molecular flexibility index (Phi) is 3.40. The SMILES string of the molecule is CC(=O)ON=C(C)c1c2ccccc2cc2ccccc12. The van der Waals surface area contributed by atoms with E-state index in [-0.39, 0.29) is 0 Å². The fourth-order valence-electron chi connectivity index (χ4n) is 2.58. The molecule has 0 unspecified atom stereocenters. The van der Waals surface area contributed by atoms with E-state index in [9.17, 15) is 4.79 Å². The number of carbonyl (C=O) groups excluding carboxylic acids is 1. The van der Waals surface area contributed by atoms with Gasteiger partial charge in [0.25, 0.3) is 0 Å². The maximum atomic E-state index is 11.0. The quantitative estimate of drug-likeness (QED) is 0.303. The lowest BCUT2D eigenvalue weighted by molar-refractivity contribution is -0.140. The second kappa shape index (κ2) is 5.37. The molecule has 0 saturated heterocycles. The Labute approximate surface area is 122 Å². The Morgan fingerprint density at radius 2 is 1.43 bits per heavy atom. The highest BCUT2D eigenvalue weighted by atomic mass is 16.7. The minimum absolute atomic E-state index is 0.418. The van der Waals surface area contributed by atoms with E-state index in [0.29, 0.717) is 5.71 Å². The summed E-state index contributed by atoms with van der Waals surface area (Å²) in [5.74, 6) is -0.418. The zero-order valence-electron chi connectivity index (χ0n) is 12.0. The van der Waals surface area contributed by atoms with Crippen LogP contribution in [0.25, 0.3) is 21.5 Å². The molecule has 0 saturated carbocycles. The van der Waals surface area contributed by atoms with Gasteiger partial charge < -0.3 is 4.84 Å². The number of oxime groups is 1. The molecular formula is C18H15NO2. The minimum atomic E-state index is -0.418. The van der Waals surface area contributed by atoms with E-state index in [2.05, 4.69) is 35.5 Å². The van der Waals surface area contributed by atoms with Crippen LogP contribution in [0.15, 0.2) is 59.8 Å². The summed E-state index contributed by atoms with van der Waals surface area (Å²) in [6, 6.07) is 18.5. The zero-order chi connectivity index (χ0) is 14.8. The highest BCUT2D eigenvalue weighted by Gasteiger charge is 2.10. The van der Waals surface area contributed by atoms with Gasteiger partial charge in [0.15, 0.2) is 0 Å². The van der Waals surface area contributed by atoms with Gasteiger partial charge in [0.2, 0.25) is 0 Å². The number of rotatable bonds is 2. The molecule has 3 heteroatoms. The highest BCUT2D eigenvalue weighted by molar-refractivity contribution is 6.19. The maximum absolute atomic E-state index is 11.0. The van der Waals surface area contributed by atoms with Gasteiger partial charge in [-0.25, -0.2) is 4.79 Å². The van der Waals surface area contributed by atoms with E-state index in [0.717, 1.165) is 27.1 Å². The van der Waals surface area contributed by atoms with Gasteiger partial charge in [-0.1, -0.05) is 53.7 Å². The number of hydrogen-bond donors (Lipinski definition) is 0. The van der Waals surface area contributed by atoms with E-state index in [4.69, 9.17) is 4.84 Å². The van der Waals surface area contributed by atoms with E-state index in [1.165, 1.54) is 6.92 Å². The molecule has 0 aliphatic heterocycles. The van der Waals surface area contributed by atoms with E-state index < -0.39 is 5.97 Å². The van der Waals surface area contributed by atoms with Crippen molar-refractivity contribution in [1.82, 2.24) is 0 Å². The van der Waals surface area contributed by atoms with Crippen molar-refractivity contribution in [1.29, 1.82) is 0 Å². The maximum Gasteiger partial charge on any atom is 0.331 e. The number of nitrogens with zero attached hydrogens (tertiary/aromatic N) is 1. The van der Waals surface area contributed by atoms with Gasteiger partial charge in [-0.2, -0.15) is 0 Å². The summed E-state index contributed by atoms with van der Waals surface area (Å²) in [5, 5.41) is 8.45. The molecule has 0 fully saturated rings. The first-order chi connectivity index (χ1) is 10.2. The lowest BCUT2D eigenvalue weighted by Gasteiger charge is -2.10. The van der Waals surface area contributed by atoms with Crippen LogP contribution in [0.2, 0.25) is 0 Å². The number of fused-ring (bicyclic) bond motifs is 2. The summed E-state index contributed by atoms with van der Waals surface area (Å²) in [5.41, 5.74) is 1.70. The molecule has 0 bridgehead atoms. The van der Waals surface area contributed by atoms with Crippen LogP contribution in [0.5, 0.6) is 0 Å². The van der Waals surface area contributed by atoms with Gasteiger partial charge in [0.05, 0.1) is 5.71 Å². The number of hydrogen-bond acceptors (Lipinski definition) is 3. The molecule has 3 aromatic carbocycles.